The summed E-state index contributed by atoms with van der Waals surface area (Å²) in [5.74, 6) is -1.38. The summed E-state index contributed by atoms with van der Waals surface area (Å²) < 4.78 is 43.1. The Morgan fingerprint density at radius 1 is 1.06 bits per heavy atom. The number of alkyl halides is 3. The molecule has 1 aromatic heterocycles. The number of amides is 2. The van der Waals surface area contributed by atoms with E-state index >= 15 is 0 Å². The average Bonchev–Trinajstić information content (AvgIpc) is 3.04. The van der Waals surface area contributed by atoms with E-state index in [1.807, 2.05) is 0 Å². The standard InChI is InChI=1S/C22H20ClF3N4O3/c23-13-5-6-15(16(11-13)22(24,25)26)20(32)28-9-7-14(8-10-28)30-18-4-2-1-3-17(18)29(21(30)33)12-19(27)31/h1-6,11,14H,7-10,12H2,(H2,27,31). The van der Waals surface area contributed by atoms with E-state index < -0.39 is 34.8 Å². The fourth-order valence-electron chi connectivity index (χ4n) is 4.33. The number of imidazole rings is 1. The Hall–Kier alpha value is -3.27. The van der Waals surface area contributed by atoms with Gasteiger partial charge >= 0.3 is 11.9 Å². The molecule has 33 heavy (non-hydrogen) atoms. The molecule has 0 saturated carbocycles. The van der Waals surface area contributed by atoms with Crippen molar-refractivity contribution in [1.82, 2.24) is 14.0 Å². The Bertz CT molecular complexity index is 1290. The lowest BCUT2D eigenvalue weighted by atomic mass is 10.0. The quantitative estimate of drug-likeness (QED) is 0.620. The van der Waals surface area contributed by atoms with E-state index in [9.17, 15) is 27.6 Å². The molecule has 0 aliphatic carbocycles. The molecule has 11 heteroatoms. The van der Waals surface area contributed by atoms with Crippen molar-refractivity contribution < 1.29 is 22.8 Å². The predicted octanol–water partition coefficient (Wildman–Crippen LogP) is 3.44. The Kier molecular flexibility index (Phi) is 5.96. The van der Waals surface area contributed by atoms with Crippen molar-refractivity contribution in [3.8, 4) is 0 Å². The second-order valence-electron chi connectivity index (χ2n) is 7.90. The molecule has 1 aliphatic rings. The summed E-state index contributed by atoms with van der Waals surface area (Å²) in [6, 6.07) is 9.79. The van der Waals surface area contributed by atoms with Gasteiger partial charge in [0.05, 0.1) is 22.2 Å². The molecule has 0 unspecified atom stereocenters. The minimum atomic E-state index is -4.72. The molecule has 0 spiro atoms. The number of carbonyl (C=O) groups excluding carboxylic acids is 2. The first-order valence-corrected chi connectivity index (χ1v) is 10.6. The number of primary amides is 1. The highest BCUT2D eigenvalue weighted by molar-refractivity contribution is 6.30. The molecule has 1 fully saturated rings. The second-order valence-corrected chi connectivity index (χ2v) is 8.34. The van der Waals surface area contributed by atoms with E-state index in [0.29, 0.717) is 23.9 Å². The van der Waals surface area contributed by atoms with Crippen LogP contribution in [0.1, 0.15) is 34.8 Å². The van der Waals surface area contributed by atoms with Gasteiger partial charge < -0.3 is 10.6 Å². The molecule has 2 N–H and O–H groups in total. The summed E-state index contributed by atoms with van der Waals surface area (Å²) in [5, 5.41) is -0.107. The predicted molar refractivity (Wildman–Crippen MR) is 116 cm³/mol. The fraction of sp³-hybridized carbons (Fsp3) is 0.318. The van der Waals surface area contributed by atoms with Gasteiger partial charge in [0, 0.05) is 24.2 Å². The number of piperidine rings is 1. The lowest BCUT2D eigenvalue weighted by Gasteiger charge is -2.33. The highest BCUT2D eigenvalue weighted by Gasteiger charge is 2.37. The summed E-state index contributed by atoms with van der Waals surface area (Å²) in [7, 11) is 0. The monoisotopic (exact) mass is 480 g/mol. The van der Waals surface area contributed by atoms with E-state index in [1.165, 1.54) is 15.5 Å². The second kappa shape index (κ2) is 8.58. The zero-order chi connectivity index (χ0) is 23.9. The Balaban J connectivity index is 1.59. The van der Waals surface area contributed by atoms with Crippen molar-refractivity contribution in [2.75, 3.05) is 13.1 Å². The van der Waals surface area contributed by atoms with Crippen LogP contribution in [0.4, 0.5) is 13.2 Å². The first-order valence-electron chi connectivity index (χ1n) is 10.2. The lowest BCUT2D eigenvalue weighted by Crippen LogP contribution is -2.41. The van der Waals surface area contributed by atoms with Crippen LogP contribution in [0.5, 0.6) is 0 Å². The third-order valence-electron chi connectivity index (χ3n) is 5.82. The molecule has 174 valence electrons. The maximum Gasteiger partial charge on any atom is 0.417 e. The van der Waals surface area contributed by atoms with Crippen molar-refractivity contribution in [2.45, 2.75) is 31.6 Å². The summed E-state index contributed by atoms with van der Waals surface area (Å²) >= 11 is 5.71. The smallest absolute Gasteiger partial charge is 0.368 e. The fourth-order valence-corrected chi connectivity index (χ4v) is 4.50. The summed E-state index contributed by atoms with van der Waals surface area (Å²) in [5.41, 5.74) is 4.56. The molecule has 2 heterocycles. The maximum atomic E-state index is 13.4. The highest BCUT2D eigenvalue weighted by atomic mass is 35.5. The topological polar surface area (TPSA) is 90.3 Å². The minimum absolute atomic E-state index is 0.107. The Morgan fingerprint density at radius 3 is 2.30 bits per heavy atom. The van der Waals surface area contributed by atoms with Crippen LogP contribution in [0, 0.1) is 0 Å². The number of rotatable bonds is 4. The van der Waals surface area contributed by atoms with Crippen LogP contribution >= 0.6 is 11.6 Å². The van der Waals surface area contributed by atoms with Gasteiger partial charge in [-0.1, -0.05) is 23.7 Å². The number of fused-ring (bicyclic) bond motifs is 1. The van der Waals surface area contributed by atoms with E-state index in [-0.39, 0.29) is 30.7 Å². The van der Waals surface area contributed by atoms with Gasteiger partial charge in [0.15, 0.2) is 0 Å². The number of para-hydroxylation sites is 2. The molecule has 0 bridgehead atoms. The van der Waals surface area contributed by atoms with Crippen LogP contribution in [-0.2, 0) is 17.5 Å². The molecule has 2 aromatic carbocycles. The van der Waals surface area contributed by atoms with Crippen LogP contribution in [0.15, 0.2) is 47.3 Å². The van der Waals surface area contributed by atoms with Gasteiger partial charge in [0.1, 0.15) is 6.54 Å². The number of hydrogen-bond donors (Lipinski definition) is 1. The van der Waals surface area contributed by atoms with E-state index in [1.54, 1.807) is 28.8 Å². The van der Waals surface area contributed by atoms with Crippen LogP contribution in [-0.4, -0.2) is 38.9 Å². The first-order chi connectivity index (χ1) is 15.6. The normalized spacial score (nSPS) is 15.2. The van der Waals surface area contributed by atoms with Crippen molar-refractivity contribution in [3.05, 3.63) is 69.1 Å². The molecular weight excluding hydrogens is 461 g/mol. The van der Waals surface area contributed by atoms with Crippen molar-refractivity contribution in [3.63, 3.8) is 0 Å². The van der Waals surface area contributed by atoms with Crippen LogP contribution in [0.3, 0.4) is 0 Å². The number of halogens is 4. The number of nitrogens with zero attached hydrogens (tertiary/aromatic N) is 3. The molecule has 1 aliphatic heterocycles. The number of hydrogen-bond acceptors (Lipinski definition) is 3. The Morgan fingerprint density at radius 2 is 1.70 bits per heavy atom. The summed E-state index contributed by atoms with van der Waals surface area (Å²) in [6.07, 6.45) is -3.99. The number of aromatic nitrogens is 2. The number of likely N-dealkylation sites (tertiary alicyclic amines) is 1. The molecule has 1 saturated heterocycles. The van der Waals surface area contributed by atoms with E-state index in [2.05, 4.69) is 0 Å². The highest BCUT2D eigenvalue weighted by Crippen LogP contribution is 2.35. The van der Waals surface area contributed by atoms with Gasteiger partial charge in [0.2, 0.25) is 5.91 Å². The largest absolute Gasteiger partial charge is 0.417 e. The van der Waals surface area contributed by atoms with Crippen LogP contribution in [0.2, 0.25) is 5.02 Å². The van der Waals surface area contributed by atoms with Gasteiger partial charge in [-0.3, -0.25) is 18.7 Å². The molecular formula is C22H20ClF3N4O3. The third-order valence-corrected chi connectivity index (χ3v) is 6.05. The minimum Gasteiger partial charge on any atom is -0.368 e. The molecule has 0 radical (unpaired) electrons. The van der Waals surface area contributed by atoms with Crippen LogP contribution in [0.25, 0.3) is 11.0 Å². The maximum absolute atomic E-state index is 13.4. The third kappa shape index (κ3) is 4.35. The summed E-state index contributed by atoms with van der Waals surface area (Å²) in [4.78, 5) is 38.7. The number of nitrogens with two attached hydrogens (primary N) is 1. The lowest BCUT2D eigenvalue weighted by molar-refractivity contribution is -0.138. The van der Waals surface area contributed by atoms with Gasteiger partial charge in [-0.05, 0) is 43.2 Å². The van der Waals surface area contributed by atoms with Gasteiger partial charge in [-0.2, -0.15) is 13.2 Å². The van der Waals surface area contributed by atoms with Gasteiger partial charge in [-0.25, -0.2) is 4.79 Å². The van der Waals surface area contributed by atoms with Gasteiger partial charge in [-0.15, -0.1) is 0 Å². The van der Waals surface area contributed by atoms with Crippen molar-refractivity contribution >= 4 is 34.4 Å². The van der Waals surface area contributed by atoms with E-state index in [4.69, 9.17) is 17.3 Å². The zero-order valence-electron chi connectivity index (χ0n) is 17.3. The average molecular weight is 481 g/mol. The number of benzene rings is 2. The number of carbonyl (C=O) groups is 2. The SMILES string of the molecule is NC(=O)Cn1c(=O)n(C2CCN(C(=O)c3ccc(Cl)cc3C(F)(F)F)CC2)c2ccccc21. The molecule has 7 nitrogen and oxygen atoms in total. The molecule has 2 amide bonds. The molecule has 0 atom stereocenters. The van der Waals surface area contributed by atoms with Crippen molar-refractivity contribution in [1.29, 1.82) is 0 Å². The van der Waals surface area contributed by atoms with Gasteiger partial charge in [0.25, 0.3) is 5.91 Å². The molecule has 3 aromatic rings. The Labute approximate surface area is 191 Å². The van der Waals surface area contributed by atoms with Crippen molar-refractivity contribution in [2.24, 2.45) is 5.73 Å². The molecule has 4 rings (SSSR count). The zero-order valence-corrected chi connectivity index (χ0v) is 18.1. The van der Waals surface area contributed by atoms with E-state index in [0.717, 1.165) is 12.1 Å². The summed E-state index contributed by atoms with van der Waals surface area (Å²) in [6.45, 7) is 0.0802. The van der Waals surface area contributed by atoms with Crippen LogP contribution < -0.4 is 11.4 Å². The first kappa shape index (κ1) is 22.9.